The summed E-state index contributed by atoms with van der Waals surface area (Å²) in [7, 11) is 1.65. The Kier molecular flexibility index (Phi) is 3.44. The van der Waals surface area contributed by atoms with Gasteiger partial charge in [-0.3, -0.25) is 9.48 Å². The van der Waals surface area contributed by atoms with E-state index in [0.717, 1.165) is 0 Å². The largest absolute Gasteiger partial charge is 0.390 e. The zero-order valence-corrected chi connectivity index (χ0v) is 9.73. The minimum absolute atomic E-state index is 0.119. The molecule has 1 fully saturated rings. The molecular weight excluding hydrogens is 222 g/mol. The van der Waals surface area contributed by atoms with Gasteiger partial charge in [0.15, 0.2) is 0 Å². The number of carbonyl (C=O) groups excluding carboxylic acids is 1. The molecule has 1 heterocycles. The van der Waals surface area contributed by atoms with Crippen molar-refractivity contribution in [1.29, 1.82) is 0 Å². The lowest BCUT2D eigenvalue weighted by molar-refractivity contribution is -0.135. The van der Waals surface area contributed by atoms with Gasteiger partial charge in [-0.05, 0) is 18.9 Å². The van der Waals surface area contributed by atoms with E-state index in [1.165, 1.54) is 9.58 Å². The van der Waals surface area contributed by atoms with Crippen LogP contribution in [0.25, 0.3) is 0 Å². The molecule has 0 saturated heterocycles. The Morgan fingerprint density at radius 3 is 2.82 bits per heavy atom. The van der Waals surface area contributed by atoms with Gasteiger partial charge in [0.2, 0.25) is 5.91 Å². The van der Waals surface area contributed by atoms with E-state index in [4.69, 9.17) is 0 Å². The molecule has 1 aliphatic rings. The molecule has 1 saturated carbocycles. The third-order valence-electron chi connectivity index (χ3n) is 3.29. The fourth-order valence-electron chi connectivity index (χ4n) is 2.19. The minimum atomic E-state index is -0.846. The van der Waals surface area contributed by atoms with E-state index in [2.05, 4.69) is 5.10 Å². The normalized spacial score (nSPS) is 28.3. The number of hydrogen-bond donors (Lipinski definition) is 2. The molecule has 0 spiro atoms. The molecule has 0 unspecified atom stereocenters. The Bertz CT molecular complexity index is 379. The number of likely N-dealkylation sites (N-methyl/N-ethyl adjacent to an activating group) is 1. The first-order valence-electron chi connectivity index (χ1n) is 5.69. The number of rotatable bonds is 3. The molecule has 6 nitrogen and oxygen atoms in total. The highest BCUT2D eigenvalue weighted by Gasteiger charge is 2.37. The number of nitrogens with zero attached hydrogens (tertiary/aromatic N) is 3. The van der Waals surface area contributed by atoms with E-state index in [9.17, 15) is 15.0 Å². The summed E-state index contributed by atoms with van der Waals surface area (Å²) in [6.45, 7) is 0.156. The van der Waals surface area contributed by atoms with Crippen LogP contribution in [0.5, 0.6) is 0 Å². The summed E-state index contributed by atoms with van der Waals surface area (Å²) in [6, 6.07) is 1.45. The summed E-state index contributed by atoms with van der Waals surface area (Å²) in [5, 5.41) is 23.1. The molecular formula is C11H17N3O3. The number of aliphatic hydroxyl groups excluding tert-OH is 2. The number of aliphatic hydroxyl groups is 2. The molecule has 0 aromatic carbocycles. The lowest BCUT2D eigenvalue weighted by atomic mass is 10.2. The molecule has 1 amide bonds. The van der Waals surface area contributed by atoms with Crippen LogP contribution >= 0.6 is 0 Å². The van der Waals surface area contributed by atoms with Crippen LogP contribution in [0.1, 0.15) is 12.8 Å². The second kappa shape index (κ2) is 4.85. The maximum Gasteiger partial charge on any atom is 0.244 e. The first kappa shape index (κ1) is 12.1. The van der Waals surface area contributed by atoms with E-state index in [1.54, 1.807) is 25.5 Å². The Balaban J connectivity index is 1.95. The first-order chi connectivity index (χ1) is 8.09. The van der Waals surface area contributed by atoms with Gasteiger partial charge in [0.25, 0.3) is 0 Å². The molecule has 1 aromatic rings. The Morgan fingerprint density at radius 1 is 1.53 bits per heavy atom. The molecule has 0 radical (unpaired) electrons. The van der Waals surface area contributed by atoms with Gasteiger partial charge in [0.05, 0.1) is 12.1 Å². The van der Waals surface area contributed by atoms with Gasteiger partial charge < -0.3 is 15.1 Å². The van der Waals surface area contributed by atoms with Gasteiger partial charge in [0, 0.05) is 19.4 Å². The summed E-state index contributed by atoms with van der Waals surface area (Å²) in [6.07, 6.45) is 2.92. The standard InChI is InChI=1S/C11H17N3O3/c1-13(8-3-4-9(15)11(8)17)10(16)7-14-6-2-5-12-14/h2,5-6,8-9,11,15,17H,3-4,7H2,1H3/t8-,9-,11-/m1/s1. The van der Waals surface area contributed by atoms with Crippen LogP contribution in [-0.2, 0) is 11.3 Å². The van der Waals surface area contributed by atoms with Gasteiger partial charge in [0.1, 0.15) is 12.6 Å². The van der Waals surface area contributed by atoms with E-state index >= 15 is 0 Å². The van der Waals surface area contributed by atoms with Gasteiger partial charge in [-0.25, -0.2) is 0 Å². The van der Waals surface area contributed by atoms with Crippen LogP contribution in [0.4, 0.5) is 0 Å². The van der Waals surface area contributed by atoms with Gasteiger partial charge in [-0.15, -0.1) is 0 Å². The molecule has 94 valence electrons. The first-order valence-corrected chi connectivity index (χ1v) is 5.69. The van der Waals surface area contributed by atoms with Crippen LogP contribution in [0.15, 0.2) is 18.5 Å². The SMILES string of the molecule is CN(C(=O)Cn1cccn1)[C@@H]1CC[C@@H](O)[C@@H]1O. The van der Waals surface area contributed by atoms with E-state index in [0.29, 0.717) is 12.8 Å². The lowest BCUT2D eigenvalue weighted by Gasteiger charge is -2.27. The lowest BCUT2D eigenvalue weighted by Crippen LogP contribution is -2.45. The minimum Gasteiger partial charge on any atom is -0.390 e. The van der Waals surface area contributed by atoms with Crippen molar-refractivity contribution in [3.8, 4) is 0 Å². The van der Waals surface area contributed by atoms with Gasteiger partial charge in [-0.2, -0.15) is 5.10 Å². The van der Waals surface area contributed by atoms with E-state index < -0.39 is 12.2 Å². The van der Waals surface area contributed by atoms with E-state index in [-0.39, 0.29) is 18.5 Å². The smallest absolute Gasteiger partial charge is 0.244 e. The van der Waals surface area contributed by atoms with Crippen molar-refractivity contribution in [2.24, 2.45) is 0 Å². The highest BCUT2D eigenvalue weighted by Crippen LogP contribution is 2.24. The average molecular weight is 239 g/mol. The summed E-state index contributed by atoms with van der Waals surface area (Å²) >= 11 is 0. The third kappa shape index (κ3) is 2.48. The second-order valence-corrected chi connectivity index (χ2v) is 4.41. The molecule has 6 heteroatoms. The highest BCUT2D eigenvalue weighted by atomic mass is 16.3. The fourth-order valence-corrected chi connectivity index (χ4v) is 2.19. The number of carbonyl (C=O) groups is 1. The number of hydrogen-bond acceptors (Lipinski definition) is 4. The van der Waals surface area contributed by atoms with Crippen molar-refractivity contribution in [2.45, 2.75) is 37.6 Å². The summed E-state index contributed by atoms with van der Waals surface area (Å²) in [4.78, 5) is 13.4. The van der Waals surface area contributed by atoms with Crippen LogP contribution in [0.3, 0.4) is 0 Å². The quantitative estimate of drug-likeness (QED) is 0.725. The van der Waals surface area contributed by atoms with Crippen LogP contribution in [0.2, 0.25) is 0 Å². The van der Waals surface area contributed by atoms with Crippen molar-refractivity contribution in [1.82, 2.24) is 14.7 Å². The fraction of sp³-hybridized carbons (Fsp3) is 0.636. The third-order valence-corrected chi connectivity index (χ3v) is 3.29. The van der Waals surface area contributed by atoms with Gasteiger partial charge >= 0.3 is 0 Å². The molecule has 17 heavy (non-hydrogen) atoms. The number of amides is 1. The Labute approximate surface area is 99.5 Å². The van der Waals surface area contributed by atoms with Crippen LogP contribution < -0.4 is 0 Å². The van der Waals surface area contributed by atoms with Crippen molar-refractivity contribution in [3.63, 3.8) is 0 Å². The summed E-state index contributed by atoms with van der Waals surface area (Å²) < 4.78 is 1.54. The number of aromatic nitrogens is 2. The second-order valence-electron chi connectivity index (χ2n) is 4.41. The zero-order valence-electron chi connectivity index (χ0n) is 9.73. The van der Waals surface area contributed by atoms with E-state index in [1.807, 2.05) is 0 Å². The molecule has 1 aromatic heterocycles. The zero-order chi connectivity index (χ0) is 12.4. The molecule has 0 aliphatic heterocycles. The molecule has 2 rings (SSSR count). The van der Waals surface area contributed by atoms with Crippen molar-refractivity contribution in [3.05, 3.63) is 18.5 Å². The van der Waals surface area contributed by atoms with Crippen molar-refractivity contribution in [2.75, 3.05) is 7.05 Å². The summed E-state index contributed by atoms with van der Waals surface area (Å²) in [5.74, 6) is -0.119. The molecule has 1 aliphatic carbocycles. The maximum absolute atomic E-state index is 11.9. The summed E-state index contributed by atoms with van der Waals surface area (Å²) in [5.41, 5.74) is 0. The van der Waals surface area contributed by atoms with Crippen LogP contribution in [-0.4, -0.2) is 56.1 Å². The predicted molar refractivity (Wildman–Crippen MR) is 60.0 cm³/mol. The average Bonchev–Trinajstić information content (AvgIpc) is 2.90. The van der Waals surface area contributed by atoms with Gasteiger partial charge in [-0.1, -0.05) is 0 Å². The molecule has 3 atom stereocenters. The topological polar surface area (TPSA) is 78.6 Å². The molecule has 0 bridgehead atoms. The molecule has 2 N–H and O–H groups in total. The van der Waals surface area contributed by atoms with Crippen molar-refractivity contribution >= 4 is 5.91 Å². The Morgan fingerprint density at radius 2 is 2.29 bits per heavy atom. The maximum atomic E-state index is 11.9. The monoisotopic (exact) mass is 239 g/mol. The Hall–Kier alpha value is -1.40. The van der Waals surface area contributed by atoms with Crippen LogP contribution in [0, 0.1) is 0 Å². The predicted octanol–water partition coefficient (Wildman–Crippen LogP) is -0.774. The highest BCUT2D eigenvalue weighted by molar-refractivity contribution is 5.76. The van der Waals surface area contributed by atoms with Crippen molar-refractivity contribution < 1.29 is 15.0 Å².